The van der Waals surface area contributed by atoms with Gasteiger partial charge in [0.25, 0.3) is 11.6 Å². The lowest BCUT2D eigenvalue weighted by molar-refractivity contribution is -0.385. The van der Waals surface area contributed by atoms with Crippen LogP contribution in [-0.4, -0.2) is 10.8 Å². The number of benzene rings is 1. The first-order valence-corrected chi connectivity index (χ1v) is 4.16. The minimum atomic E-state index is -1.04. The van der Waals surface area contributed by atoms with Crippen molar-refractivity contribution in [1.82, 2.24) is 0 Å². The average Bonchev–Trinajstić information content (AvgIpc) is 2.02. The highest BCUT2D eigenvalue weighted by Gasteiger charge is 2.18. The van der Waals surface area contributed by atoms with Crippen LogP contribution in [-0.2, 0) is 0 Å². The first-order valence-electron chi connectivity index (χ1n) is 3.36. The summed E-state index contributed by atoms with van der Waals surface area (Å²) in [5, 5.41) is 10.4. The zero-order valence-corrected chi connectivity index (χ0v) is 8.25. The van der Waals surface area contributed by atoms with E-state index in [9.17, 15) is 19.3 Å². The molecular weight excluding hydrogens is 259 g/mol. The van der Waals surface area contributed by atoms with Gasteiger partial charge in [0.1, 0.15) is 5.82 Å². The maximum Gasteiger partial charge on any atom is 0.284 e. The molecule has 0 spiro atoms. The van der Waals surface area contributed by atoms with Crippen molar-refractivity contribution < 1.29 is 14.1 Å². The minimum absolute atomic E-state index is 0.0370. The fourth-order valence-electron chi connectivity index (χ4n) is 0.866. The Morgan fingerprint density at radius 1 is 1.57 bits per heavy atom. The summed E-state index contributed by atoms with van der Waals surface area (Å²) in [6.07, 6.45) is 0. The number of hydrogen-bond acceptors (Lipinski definition) is 3. The fourth-order valence-corrected chi connectivity index (χ4v) is 1.33. The Bertz CT molecular complexity index is 386. The summed E-state index contributed by atoms with van der Waals surface area (Å²) >= 11 is 2.80. The molecule has 0 unspecified atom stereocenters. The van der Waals surface area contributed by atoms with Crippen molar-refractivity contribution >= 4 is 27.5 Å². The zero-order chi connectivity index (χ0) is 10.9. The summed E-state index contributed by atoms with van der Waals surface area (Å²) in [5.41, 5.74) is 3.91. The van der Waals surface area contributed by atoms with E-state index in [1.54, 1.807) is 0 Å². The number of nitrogens with two attached hydrogens (primary N) is 1. The quantitative estimate of drug-likeness (QED) is 0.649. The number of nitro benzene ring substituents is 1. The van der Waals surface area contributed by atoms with Gasteiger partial charge in [0, 0.05) is 6.07 Å². The number of nitro groups is 1. The molecule has 1 aromatic carbocycles. The summed E-state index contributed by atoms with van der Waals surface area (Å²) in [6, 6.07) is 1.62. The molecule has 0 aliphatic rings. The highest BCUT2D eigenvalue weighted by atomic mass is 79.9. The van der Waals surface area contributed by atoms with Gasteiger partial charge in [0.05, 0.1) is 15.0 Å². The Morgan fingerprint density at radius 2 is 2.14 bits per heavy atom. The standard InChI is InChI=1S/C7H4BrFN2O3/c8-4-2-5(9)3(7(10)12)1-6(4)11(13)14/h1-2H,(H2,10,12). The van der Waals surface area contributed by atoms with Crippen LogP contribution in [0.15, 0.2) is 16.6 Å². The molecule has 0 bridgehead atoms. The van der Waals surface area contributed by atoms with E-state index in [0.717, 1.165) is 12.1 Å². The molecule has 5 nitrogen and oxygen atoms in total. The maximum absolute atomic E-state index is 13.0. The number of halogens is 2. The van der Waals surface area contributed by atoms with Gasteiger partial charge in [-0.05, 0) is 22.0 Å². The van der Waals surface area contributed by atoms with Crippen molar-refractivity contribution in [3.8, 4) is 0 Å². The van der Waals surface area contributed by atoms with E-state index in [4.69, 9.17) is 5.73 Å². The Labute approximate surface area is 86.0 Å². The van der Waals surface area contributed by atoms with E-state index >= 15 is 0 Å². The molecule has 0 atom stereocenters. The lowest BCUT2D eigenvalue weighted by Gasteiger charge is -2.00. The number of amides is 1. The van der Waals surface area contributed by atoms with Gasteiger partial charge >= 0.3 is 0 Å². The van der Waals surface area contributed by atoms with Gasteiger partial charge in [-0.25, -0.2) is 4.39 Å². The largest absolute Gasteiger partial charge is 0.366 e. The SMILES string of the molecule is NC(=O)c1cc([N+](=O)[O-])c(Br)cc1F. The van der Waals surface area contributed by atoms with Gasteiger partial charge in [-0.15, -0.1) is 0 Å². The molecule has 0 saturated carbocycles. The molecule has 2 N–H and O–H groups in total. The second-order valence-electron chi connectivity index (χ2n) is 2.40. The van der Waals surface area contributed by atoms with E-state index in [0.29, 0.717) is 0 Å². The summed E-state index contributed by atoms with van der Waals surface area (Å²) in [5.74, 6) is -1.94. The number of rotatable bonds is 2. The summed E-state index contributed by atoms with van der Waals surface area (Å²) in [6.45, 7) is 0. The van der Waals surface area contributed by atoms with Crippen molar-refractivity contribution in [3.63, 3.8) is 0 Å². The fraction of sp³-hybridized carbons (Fsp3) is 0. The van der Waals surface area contributed by atoms with Crippen LogP contribution in [0, 0.1) is 15.9 Å². The van der Waals surface area contributed by atoms with Crippen molar-refractivity contribution in [3.05, 3.63) is 38.1 Å². The lowest BCUT2D eigenvalue weighted by Crippen LogP contribution is -2.13. The van der Waals surface area contributed by atoms with Gasteiger partial charge < -0.3 is 5.73 Å². The van der Waals surface area contributed by atoms with Crippen LogP contribution in [0.4, 0.5) is 10.1 Å². The molecule has 14 heavy (non-hydrogen) atoms. The Balaban J connectivity index is 3.42. The first kappa shape index (κ1) is 10.6. The number of primary amides is 1. The van der Waals surface area contributed by atoms with Crippen molar-refractivity contribution in [2.75, 3.05) is 0 Å². The van der Waals surface area contributed by atoms with Crippen molar-refractivity contribution in [2.24, 2.45) is 5.73 Å². The maximum atomic E-state index is 13.0. The van der Waals surface area contributed by atoms with Crippen LogP contribution in [0.5, 0.6) is 0 Å². The Hall–Kier alpha value is -1.50. The molecule has 0 aliphatic carbocycles. The van der Waals surface area contributed by atoms with Gasteiger partial charge in [-0.1, -0.05) is 0 Å². The molecule has 0 fully saturated rings. The van der Waals surface area contributed by atoms with E-state index in [-0.39, 0.29) is 4.47 Å². The molecule has 0 aromatic heterocycles. The number of carbonyl (C=O) groups is 1. The second kappa shape index (κ2) is 3.70. The molecule has 0 heterocycles. The molecule has 0 aliphatic heterocycles. The molecule has 1 rings (SSSR count). The summed E-state index contributed by atoms with van der Waals surface area (Å²) < 4.78 is 13.0. The topological polar surface area (TPSA) is 86.2 Å². The van der Waals surface area contributed by atoms with Crippen LogP contribution in [0.25, 0.3) is 0 Å². The van der Waals surface area contributed by atoms with E-state index in [2.05, 4.69) is 15.9 Å². The van der Waals surface area contributed by atoms with E-state index in [1.165, 1.54) is 0 Å². The smallest absolute Gasteiger partial charge is 0.284 e. The van der Waals surface area contributed by atoms with Crippen LogP contribution in [0.1, 0.15) is 10.4 Å². The number of carbonyl (C=O) groups excluding carboxylic acids is 1. The number of nitrogens with zero attached hydrogens (tertiary/aromatic N) is 1. The second-order valence-corrected chi connectivity index (χ2v) is 3.26. The van der Waals surface area contributed by atoms with Crippen LogP contribution >= 0.6 is 15.9 Å². The van der Waals surface area contributed by atoms with Crippen LogP contribution in [0.3, 0.4) is 0 Å². The molecular formula is C7H4BrFN2O3. The highest BCUT2D eigenvalue weighted by Crippen LogP contribution is 2.27. The molecule has 7 heteroatoms. The highest BCUT2D eigenvalue weighted by molar-refractivity contribution is 9.10. The van der Waals surface area contributed by atoms with Crippen LogP contribution < -0.4 is 5.73 Å². The van der Waals surface area contributed by atoms with E-state index < -0.39 is 27.9 Å². The molecule has 1 amide bonds. The predicted octanol–water partition coefficient (Wildman–Crippen LogP) is 1.60. The summed E-state index contributed by atoms with van der Waals surface area (Å²) in [4.78, 5) is 20.3. The average molecular weight is 263 g/mol. The normalized spacial score (nSPS) is 9.86. The Kier molecular flexibility index (Phi) is 2.80. The third-order valence-electron chi connectivity index (χ3n) is 1.50. The van der Waals surface area contributed by atoms with Crippen molar-refractivity contribution in [1.29, 1.82) is 0 Å². The van der Waals surface area contributed by atoms with E-state index in [1.807, 2.05) is 0 Å². The summed E-state index contributed by atoms with van der Waals surface area (Å²) in [7, 11) is 0. The zero-order valence-electron chi connectivity index (χ0n) is 6.66. The first-order chi connectivity index (χ1) is 6.43. The van der Waals surface area contributed by atoms with Gasteiger partial charge in [-0.3, -0.25) is 14.9 Å². The molecule has 1 aromatic rings. The third kappa shape index (κ3) is 1.87. The van der Waals surface area contributed by atoms with Crippen molar-refractivity contribution in [2.45, 2.75) is 0 Å². The van der Waals surface area contributed by atoms with Gasteiger partial charge in [-0.2, -0.15) is 0 Å². The van der Waals surface area contributed by atoms with Gasteiger partial charge in [0.15, 0.2) is 0 Å². The molecule has 0 radical (unpaired) electrons. The predicted molar refractivity (Wildman–Crippen MR) is 49.3 cm³/mol. The molecule has 74 valence electrons. The molecule has 0 saturated heterocycles. The Morgan fingerprint density at radius 3 is 2.57 bits per heavy atom. The lowest BCUT2D eigenvalue weighted by atomic mass is 10.2. The van der Waals surface area contributed by atoms with Gasteiger partial charge in [0.2, 0.25) is 0 Å². The third-order valence-corrected chi connectivity index (χ3v) is 2.13. The number of hydrogen-bond donors (Lipinski definition) is 1. The minimum Gasteiger partial charge on any atom is -0.366 e. The van der Waals surface area contributed by atoms with Crippen LogP contribution in [0.2, 0.25) is 0 Å². The monoisotopic (exact) mass is 262 g/mol.